The first-order chi connectivity index (χ1) is 9.88. The first kappa shape index (κ1) is 15.5. The summed E-state index contributed by atoms with van der Waals surface area (Å²) in [5, 5.41) is 18.2. The summed E-state index contributed by atoms with van der Waals surface area (Å²) in [4.78, 5) is 10.7. The average Bonchev–Trinajstić information content (AvgIpc) is 2.70. The summed E-state index contributed by atoms with van der Waals surface area (Å²) in [7, 11) is 0. The lowest BCUT2D eigenvalue weighted by Gasteiger charge is -2.15. The number of hydrogen-bond donors (Lipinski definition) is 1. The lowest BCUT2D eigenvalue weighted by atomic mass is 10.1. The molecule has 1 N–H and O–H groups in total. The molecule has 0 saturated heterocycles. The van der Waals surface area contributed by atoms with Gasteiger partial charge in [0.2, 0.25) is 0 Å². The number of rotatable bonds is 5. The third-order valence-electron chi connectivity index (χ3n) is 3.25. The van der Waals surface area contributed by atoms with Gasteiger partial charge in [-0.1, -0.05) is 21.1 Å². The van der Waals surface area contributed by atoms with Gasteiger partial charge in [-0.05, 0) is 39.3 Å². The summed E-state index contributed by atoms with van der Waals surface area (Å²) in [6, 6.07) is 4.86. The molecule has 1 aromatic heterocycles. The highest BCUT2D eigenvalue weighted by Gasteiger charge is 2.18. The number of aryl methyl sites for hydroxylation is 2. The molecule has 1 heterocycles. The highest BCUT2D eigenvalue weighted by molar-refractivity contribution is 9.10. The zero-order chi connectivity index (χ0) is 15.6. The number of hydrogen-bond acceptors (Lipinski definition) is 5. The van der Waals surface area contributed by atoms with E-state index in [2.05, 4.69) is 26.4 Å². The second kappa shape index (κ2) is 6.26. The molecule has 112 valence electrons. The predicted octanol–water partition coefficient (Wildman–Crippen LogP) is 4.01. The second-order valence-corrected chi connectivity index (χ2v) is 5.89. The molecular weight excluding hydrogens is 338 g/mol. The molecule has 0 radical (unpaired) electrons. The first-order valence-corrected chi connectivity index (χ1v) is 7.30. The molecule has 6 nitrogen and oxygen atoms in total. The predicted molar refractivity (Wildman–Crippen MR) is 83.6 cm³/mol. The number of benzene rings is 1. The second-order valence-electron chi connectivity index (χ2n) is 4.97. The Morgan fingerprint density at radius 2 is 2.19 bits per heavy atom. The molecule has 0 bridgehead atoms. The molecule has 0 saturated carbocycles. The average molecular weight is 354 g/mol. The van der Waals surface area contributed by atoms with Crippen molar-refractivity contribution in [3.8, 4) is 0 Å². The monoisotopic (exact) mass is 353 g/mol. The van der Waals surface area contributed by atoms with E-state index in [0.717, 1.165) is 21.5 Å². The summed E-state index contributed by atoms with van der Waals surface area (Å²) in [5.41, 5.74) is 2.44. The number of anilines is 1. The van der Waals surface area contributed by atoms with Crippen LogP contribution >= 0.6 is 15.9 Å². The first-order valence-electron chi connectivity index (χ1n) is 6.50. The lowest BCUT2D eigenvalue weighted by Crippen LogP contribution is -2.19. The Labute approximate surface area is 130 Å². The van der Waals surface area contributed by atoms with Gasteiger partial charge >= 0.3 is 0 Å². The van der Waals surface area contributed by atoms with Crippen LogP contribution in [0.25, 0.3) is 0 Å². The Hall–Kier alpha value is -1.89. The van der Waals surface area contributed by atoms with Crippen LogP contribution in [0.5, 0.6) is 0 Å². The van der Waals surface area contributed by atoms with Gasteiger partial charge in [0.1, 0.15) is 11.4 Å². The maximum Gasteiger partial charge on any atom is 0.292 e. The molecule has 0 aliphatic carbocycles. The van der Waals surface area contributed by atoms with E-state index < -0.39 is 4.92 Å². The number of nitrogens with zero attached hydrogens (tertiary/aromatic N) is 2. The summed E-state index contributed by atoms with van der Waals surface area (Å²) in [6.07, 6.45) is 0.685. The Morgan fingerprint density at radius 3 is 2.76 bits per heavy atom. The van der Waals surface area contributed by atoms with Gasteiger partial charge in [-0.2, -0.15) is 0 Å². The van der Waals surface area contributed by atoms with Crippen molar-refractivity contribution >= 4 is 27.3 Å². The summed E-state index contributed by atoms with van der Waals surface area (Å²) < 4.78 is 5.93. The van der Waals surface area contributed by atoms with Crippen LogP contribution in [0.2, 0.25) is 0 Å². The van der Waals surface area contributed by atoms with E-state index in [1.54, 1.807) is 12.1 Å². The quantitative estimate of drug-likeness (QED) is 0.648. The van der Waals surface area contributed by atoms with Crippen LogP contribution < -0.4 is 5.32 Å². The fraction of sp³-hybridized carbons (Fsp3) is 0.357. The van der Waals surface area contributed by atoms with E-state index in [1.165, 1.54) is 6.07 Å². The van der Waals surface area contributed by atoms with Gasteiger partial charge in [0.15, 0.2) is 0 Å². The van der Waals surface area contributed by atoms with Crippen molar-refractivity contribution in [2.45, 2.75) is 33.2 Å². The largest absolute Gasteiger partial charge is 0.377 e. The molecule has 1 atom stereocenters. The van der Waals surface area contributed by atoms with E-state index in [9.17, 15) is 10.1 Å². The molecule has 0 aliphatic heterocycles. The van der Waals surface area contributed by atoms with E-state index in [1.807, 2.05) is 20.8 Å². The summed E-state index contributed by atoms with van der Waals surface area (Å²) in [5.74, 6) is 0.782. The minimum absolute atomic E-state index is 0.00907. The van der Waals surface area contributed by atoms with Crippen LogP contribution in [0.1, 0.15) is 23.9 Å². The Bertz CT molecular complexity index is 650. The zero-order valence-corrected chi connectivity index (χ0v) is 13.6. The van der Waals surface area contributed by atoms with Gasteiger partial charge in [-0.3, -0.25) is 10.1 Å². The highest BCUT2D eigenvalue weighted by atomic mass is 79.9. The van der Waals surface area contributed by atoms with Crippen molar-refractivity contribution in [3.63, 3.8) is 0 Å². The molecule has 1 unspecified atom stereocenters. The van der Waals surface area contributed by atoms with Gasteiger partial charge in [0, 0.05) is 22.1 Å². The molecular formula is C14H16BrN3O3. The van der Waals surface area contributed by atoms with Crippen LogP contribution in [-0.4, -0.2) is 16.1 Å². The van der Waals surface area contributed by atoms with E-state index in [0.29, 0.717) is 12.1 Å². The van der Waals surface area contributed by atoms with Crippen molar-refractivity contribution in [3.05, 3.63) is 49.8 Å². The van der Waals surface area contributed by atoms with Crippen molar-refractivity contribution < 1.29 is 9.45 Å². The standard InChI is InChI=1S/C14H16BrN3O3/c1-8(6-12-9(2)17-21-10(12)3)16-13-7-11(15)4-5-14(13)18(19)20/h4-5,7-8,16H,6H2,1-3H3. The van der Waals surface area contributed by atoms with Crippen molar-refractivity contribution in [1.82, 2.24) is 5.16 Å². The molecule has 2 rings (SSSR count). The van der Waals surface area contributed by atoms with Crippen LogP contribution in [0, 0.1) is 24.0 Å². The molecule has 0 spiro atoms. The Morgan fingerprint density at radius 1 is 1.48 bits per heavy atom. The van der Waals surface area contributed by atoms with E-state index >= 15 is 0 Å². The van der Waals surface area contributed by atoms with Crippen molar-refractivity contribution in [2.24, 2.45) is 0 Å². The van der Waals surface area contributed by atoms with Gasteiger partial charge in [-0.15, -0.1) is 0 Å². The SMILES string of the molecule is Cc1noc(C)c1CC(C)Nc1cc(Br)ccc1[N+](=O)[O-]. The molecule has 0 amide bonds. The van der Waals surface area contributed by atoms with Gasteiger partial charge < -0.3 is 9.84 Å². The summed E-state index contributed by atoms with van der Waals surface area (Å²) in [6.45, 7) is 5.72. The van der Waals surface area contributed by atoms with Crippen LogP contribution in [0.3, 0.4) is 0 Å². The number of nitrogens with one attached hydrogen (secondary N) is 1. The minimum atomic E-state index is -0.391. The molecule has 7 heteroatoms. The molecule has 0 aliphatic rings. The fourth-order valence-electron chi connectivity index (χ4n) is 2.20. The number of aromatic nitrogens is 1. The lowest BCUT2D eigenvalue weighted by molar-refractivity contribution is -0.384. The fourth-order valence-corrected chi connectivity index (χ4v) is 2.56. The topological polar surface area (TPSA) is 81.2 Å². The zero-order valence-electron chi connectivity index (χ0n) is 12.0. The maximum atomic E-state index is 11.1. The molecule has 1 aromatic carbocycles. The van der Waals surface area contributed by atoms with Crippen LogP contribution in [0.15, 0.2) is 27.2 Å². The normalized spacial score (nSPS) is 12.2. The van der Waals surface area contributed by atoms with E-state index in [-0.39, 0.29) is 11.7 Å². The Balaban J connectivity index is 2.18. The number of halogens is 1. The van der Waals surface area contributed by atoms with Crippen molar-refractivity contribution in [1.29, 1.82) is 0 Å². The molecule has 2 aromatic rings. The third-order valence-corrected chi connectivity index (χ3v) is 3.74. The van der Waals surface area contributed by atoms with E-state index in [4.69, 9.17) is 4.52 Å². The molecule has 0 fully saturated rings. The van der Waals surface area contributed by atoms with Gasteiger partial charge in [-0.25, -0.2) is 0 Å². The maximum absolute atomic E-state index is 11.1. The molecule has 21 heavy (non-hydrogen) atoms. The smallest absolute Gasteiger partial charge is 0.292 e. The highest BCUT2D eigenvalue weighted by Crippen LogP contribution is 2.29. The number of nitro groups is 1. The minimum Gasteiger partial charge on any atom is -0.377 e. The number of nitro benzene ring substituents is 1. The summed E-state index contributed by atoms with van der Waals surface area (Å²) >= 11 is 3.33. The Kier molecular flexibility index (Phi) is 4.62. The van der Waals surface area contributed by atoms with Gasteiger partial charge in [0.25, 0.3) is 5.69 Å². The van der Waals surface area contributed by atoms with Crippen molar-refractivity contribution in [2.75, 3.05) is 5.32 Å². The van der Waals surface area contributed by atoms with Crippen LogP contribution in [-0.2, 0) is 6.42 Å². The third kappa shape index (κ3) is 3.60. The van der Waals surface area contributed by atoms with Crippen LogP contribution in [0.4, 0.5) is 11.4 Å². The van der Waals surface area contributed by atoms with Gasteiger partial charge in [0.05, 0.1) is 10.6 Å².